The lowest BCUT2D eigenvalue weighted by Gasteiger charge is -2.32. The van der Waals surface area contributed by atoms with Crippen LogP contribution >= 0.6 is 0 Å². The summed E-state index contributed by atoms with van der Waals surface area (Å²) in [7, 11) is 3.39. The zero-order valence-electron chi connectivity index (χ0n) is 22.5. The van der Waals surface area contributed by atoms with Crippen LogP contribution in [0, 0.1) is 0 Å². The topological polar surface area (TPSA) is 130 Å². The second kappa shape index (κ2) is 9.35. The van der Waals surface area contributed by atoms with Crippen LogP contribution in [0.3, 0.4) is 0 Å². The number of ether oxygens (including phenoxy) is 1. The molecule has 3 aromatic rings. The molecule has 0 spiro atoms. The van der Waals surface area contributed by atoms with Crippen LogP contribution in [0.15, 0.2) is 24.3 Å². The average Bonchev–Trinajstić information content (AvgIpc) is 3.46. The lowest BCUT2D eigenvalue weighted by Crippen LogP contribution is -2.38. The fraction of sp³-hybridized carbons (Fsp3) is 0.462. The number of fused-ring (bicyclic) bond motifs is 2. The van der Waals surface area contributed by atoms with Crippen LogP contribution < -0.4 is 9.80 Å². The Hall–Kier alpha value is -4.06. The highest BCUT2D eigenvalue weighted by molar-refractivity contribution is 6.10. The van der Waals surface area contributed by atoms with Crippen LogP contribution in [0.5, 0.6) is 0 Å². The molecule has 0 aliphatic carbocycles. The largest absolute Gasteiger partial charge is 0.465 e. The third-order valence-corrected chi connectivity index (χ3v) is 7.10. The Balaban J connectivity index is 1.54. The fourth-order valence-corrected chi connectivity index (χ4v) is 4.77. The van der Waals surface area contributed by atoms with Crippen molar-refractivity contribution in [3.63, 3.8) is 0 Å². The van der Waals surface area contributed by atoms with Gasteiger partial charge in [0.05, 0.1) is 36.5 Å². The number of hydrogen-bond acceptors (Lipinski definition) is 8. The number of carbonyl (C=O) groups is 2. The van der Waals surface area contributed by atoms with E-state index in [1.807, 2.05) is 42.5 Å². The number of carbonyl (C=O) groups excluding carboxylic acids is 1. The van der Waals surface area contributed by atoms with Crippen molar-refractivity contribution >= 4 is 23.6 Å². The zero-order valence-corrected chi connectivity index (χ0v) is 22.5. The number of hydrogen-bond donors (Lipinski definition) is 1. The molecule has 3 aromatic heterocycles. The first-order valence-electron chi connectivity index (χ1n) is 12.5. The molecule has 5 rings (SSSR count). The maximum absolute atomic E-state index is 13.7. The summed E-state index contributed by atoms with van der Waals surface area (Å²) in [5, 5.41) is 18.2. The molecule has 0 fully saturated rings. The SMILES string of the molecule is CC(C)N(C)c1cc2c(c(CN(C)C(=O)O)n1)CN(c1cccc(-c3nnc4n3C(C)(C)COC4)n1)C2=O. The summed E-state index contributed by atoms with van der Waals surface area (Å²) in [6, 6.07) is 7.40. The summed E-state index contributed by atoms with van der Waals surface area (Å²) in [5.74, 6) is 2.23. The van der Waals surface area contributed by atoms with E-state index in [2.05, 4.69) is 24.0 Å². The molecule has 0 radical (unpaired) electrons. The maximum atomic E-state index is 13.7. The summed E-state index contributed by atoms with van der Waals surface area (Å²) in [6.45, 7) is 9.37. The molecule has 0 bridgehead atoms. The van der Waals surface area contributed by atoms with E-state index in [9.17, 15) is 14.7 Å². The average molecular weight is 521 g/mol. The van der Waals surface area contributed by atoms with Crippen molar-refractivity contribution in [1.82, 2.24) is 29.6 Å². The molecule has 0 saturated carbocycles. The van der Waals surface area contributed by atoms with Gasteiger partial charge in [-0.15, -0.1) is 10.2 Å². The van der Waals surface area contributed by atoms with E-state index < -0.39 is 6.09 Å². The first kappa shape index (κ1) is 25.6. The Bertz CT molecular complexity index is 1420. The summed E-state index contributed by atoms with van der Waals surface area (Å²) in [4.78, 5) is 39.6. The first-order valence-corrected chi connectivity index (χ1v) is 12.5. The van der Waals surface area contributed by atoms with Gasteiger partial charge in [-0.05, 0) is 45.9 Å². The smallest absolute Gasteiger partial charge is 0.407 e. The minimum Gasteiger partial charge on any atom is -0.465 e. The van der Waals surface area contributed by atoms with Gasteiger partial charge in [0.1, 0.15) is 23.9 Å². The van der Waals surface area contributed by atoms with Gasteiger partial charge in [-0.25, -0.2) is 14.8 Å². The zero-order chi connectivity index (χ0) is 27.4. The molecular weight excluding hydrogens is 488 g/mol. The number of rotatable bonds is 6. The maximum Gasteiger partial charge on any atom is 0.407 e. The standard InChI is InChI=1S/C26H32N8O4/c1-15(2)32(6)21-10-16-17(19(28-21)12-31(5)25(36)37)11-33(24(16)35)20-9-7-8-18(27-20)23-30-29-22-13-38-14-26(3,4)34(22)23/h7-10,15H,11-14H2,1-6H3,(H,36,37). The minimum atomic E-state index is -1.07. The van der Waals surface area contributed by atoms with Crippen molar-refractivity contribution < 1.29 is 19.4 Å². The van der Waals surface area contributed by atoms with Crippen molar-refractivity contribution in [1.29, 1.82) is 0 Å². The summed E-state index contributed by atoms with van der Waals surface area (Å²) in [6.07, 6.45) is -1.07. The fourth-order valence-electron chi connectivity index (χ4n) is 4.77. The molecule has 2 amide bonds. The van der Waals surface area contributed by atoms with Gasteiger partial charge in [-0.1, -0.05) is 6.07 Å². The van der Waals surface area contributed by atoms with Crippen molar-refractivity contribution in [2.24, 2.45) is 0 Å². The Morgan fingerprint density at radius 3 is 2.68 bits per heavy atom. The molecule has 0 aromatic carbocycles. The number of carboxylic acid groups (broad SMARTS) is 1. The number of nitrogens with zero attached hydrogens (tertiary/aromatic N) is 8. The van der Waals surface area contributed by atoms with E-state index >= 15 is 0 Å². The van der Waals surface area contributed by atoms with Gasteiger partial charge in [0.15, 0.2) is 11.6 Å². The summed E-state index contributed by atoms with van der Waals surface area (Å²) in [5.41, 5.74) is 2.01. The van der Waals surface area contributed by atoms with Crippen molar-refractivity contribution in [3.8, 4) is 11.5 Å². The third-order valence-electron chi connectivity index (χ3n) is 7.10. The highest BCUT2D eigenvalue weighted by atomic mass is 16.5. The minimum absolute atomic E-state index is 0.0645. The third kappa shape index (κ3) is 4.34. The Morgan fingerprint density at radius 2 is 1.97 bits per heavy atom. The number of amides is 2. The van der Waals surface area contributed by atoms with Crippen LogP contribution in [0.25, 0.3) is 11.5 Å². The first-order chi connectivity index (χ1) is 18.0. The quantitative estimate of drug-likeness (QED) is 0.521. The second-order valence-corrected chi connectivity index (χ2v) is 10.6. The molecular formula is C26H32N8O4. The molecule has 2 aliphatic rings. The molecule has 0 unspecified atom stereocenters. The van der Waals surface area contributed by atoms with Crippen LogP contribution in [0.2, 0.25) is 0 Å². The highest BCUT2D eigenvalue weighted by Gasteiger charge is 2.35. The molecule has 5 heterocycles. The van der Waals surface area contributed by atoms with E-state index in [0.29, 0.717) is 53.2 Å². The number of anilines is 2. The number of pyridine rings is 2. The normalized spacial score (nSPS) is 16.0. The Kier molecular flexibility index (Phi) is 6.30. The van der Waals surface area contributed by atoms with Gasteiger partial charge in [-0.3, -0.25) is 14.3 Å². The van der Waals surface area contributed by atoms with Gasteiger partial charge in [0.2, 0.25) is 0 Å². The molecule has 0 atom stereocenters. The van der Waals surface area contributed by atoms with Gasteiger partial charge >= 0.3 is 6.09 Å². The van der Waals surface area contributed by atoms with E-state index in [4.69, 9.17) is 14.7 Å². The predicted molar refractivity (Wildman–Crippen MR) is 140 cm³/mol. The highest BCUT2D eigenvalue weighted by Crippen LogP contribution is 2.34. The predicted octanol–water partition coefficient (Wildman–Crippen LogP) is 3.12. The molecule has 12 nitrogen and oxygen atoms in total. The van der Waals surface area contributed by atoms with E-state index in [1.165, 1.54) is 7.05 Å². The van der Waals surface area contributed by atoms with E-state index in [-0.39, 0.29) is 30.6 Å². The van der Waals surface area contributed by atoms with Crippen molar-refractivity contribution in [2.75, 3.05) is 30.5 Å². The second-order valence-electron chi connectivity index (χ2n) is 10.6. The van der Waals surface area contributed by atoms with Gasteiger partial charge in [-0.2, -0.15) is 0 Å². The van der Waals surface area contributed by atoms with Crippen LogP contribution in [-0.2, 0) is 30.0 Å². The molecule has 38 heavy (non-hydrogen) atoms. The van der Waals surface area contributed by atoms with Crippen LogP contribution in [0.4, 0.5) is 16.4 Å². The van der Waals surface area contributed by atoms with Gasteiger partial charge < -0.3 is 19.6 Å². The summed E-state index contributed by atoms with van der Waals surface area (Å²) >= 11 is 0. The van der Waals surface area contributed by atoms with E-state index in [1.54, 1.807) is 17.0 Å². The molecule has 12 heteroatoms. The van der Waals surface area contributed by atoms with Gasteiger partial charge in [0, 0.05) is 25.7 Å². The van der Waals surface area contributed by atoms with E-state index in [0.717, 1.165) is 10.7 Å². The van der Waals surface area contributed by atoms with Crippen LogP contribution in [0.1, 0.15) is 55.1 Å². The molecule has 0 saturated heterocycles. The summed E-state index contributed by atoms with van der Waals surface area (Å²) < 4.78 is 7.71. The Labute approximate surface area is 220 Å². The lowest BCUT2D eigenvalue weighted by molar-refractivity contribution is 0.0190. The van der Waals surface area contributed by atoms with Crippen molar-refractivity contribution in [3.05, 3.63) is 46.9 Å². The monoisotopic (exact) mass is 520 g/mol. The van der Waals surface area contributed by atoms with Gasteiger partial charge in [0.25, 0.3) is 5.91 Å². The molecule has 2 aliphatic heterocycles. The van der Waals surface area contributed by atoms with Crippen LogP contribution in [-0.4, -0.2) is 73.5 Å². The lowest BCUT2D eigenvalue weighted by atomic mass is 10.0. The molecule has 200 valence electrons. The Morgan fingerprint density at radius 1 is 1.21 bits per heavy atom. The van der Waals surface area contributed by atoms with Crippen molar-refractivity contribution in [2.45, 2.75) is 59.0 Å². The number of aromatic nitrogens is 5. The molecule has 1 N–H and O–H groups in total.